The summed E-state index contributed by atoms with van der Waals surface area (Å²) in [4.78, 5) is 5.44. The van der Waals surface area contributed by atoms with E-state index in [4.69, 9.17) is 11.6 Å². The molecule has 0 heterocycles. The number of hydrogen-bond donors (Lipinski definition) is 0. The van der Waals surface area contributed by atoms with E-state index in [1.54, 1.807) is 36.4 Å². The second-order valence-corrected chi connectivity index (χ2v) is 6.77. The lowest BCUT2D eigenvalue weighted by Gasteiger charge is -2.04. The first kappa shape index (κ1) is 18.4. The average molecular weight is 386 g/mol. The zero-order valence-electron chi connectivity index (χ0n) is 13.6. The van der Waals surface area contributed by atoms with Crippen molar-refractivity contribution >= 4 is 34.8 Å². The highest BCUT2D eigenvalue weighted by molar-refractivity contribution is 8.02. The van der Waals surface area contributed by atoms with Crippen molar-refractivity contribution in [3.63, 3.8) is 0 Å². The summed E-state index contributed by atoms with van der Waals surface area (Å²) in [7, 11) is 0. The highest BCUT2D eigenvalue weighted by atomic mass is 35.5. The first-order valence-corrected chi connectivity index (χ1v) is 9.05. The van der Waals surface area contributed by atoms with Crippen molar-refractivity contribution in [1.82, 2.24) is 0 Å². The Hall–Kier alpha value is -2.43. The van der Waals surface area contributed by atoms with Crippen LogP contribution < -0.4 is 0 Å². The van der Waals surface area contributed by atoms with E-state index in [1.807, 2.05) is 23.6 Å². The molecule has 26 heavy (non-hydrogen) atoms. The Labute approximate surface area is 160 Å². The molecule has 0 aromatic heterocycles. The third-order valence-corrected chi connectivity index (χ3v) is 4.51. The van der Waals surface area contributed by atoms with Gasteiger partial charge in [0.2, 0.25) is 0 Å². The van der Waals surface area contributed by atoms with Gasteiger partial charge >= 0.3 is 0 Å². The zero-order chi connectivity index (χ0) is 18.4. The topological polar surface area (TPSA) is 12.4 Å². The standard InChI is InChI=1S/C21H14ClF2NS/c22-16-6-4-15(5-7-16)21(25-19-3-1-2-18(24)14-19)12-13-26-20-10-8-17(23)9-11-20/h1-14H/b13-12+,25-21?. The van der Waals surface area contributed by atoms with Gasteiger partial charge < -0.3 is 0 Å². The first-order chi connectivity index (χ1) is 12.6. The Morgan fingerprint density at radius 2 is 1.62 bits per heavy atom. The van der Waals surface area contributed by atoms with E-state index < -0.39 is 0 Å². The van der Waals surface area contributed by atoms with Gasteiger partial charge in [0, 0.05) is 15.5 Å². The van der Waals surface area contributed by atoms with Crippen molar-refractivity contribution in [1.29, 1.82) is 0 Å². The lowest BCUT2D eigenvalue weighted by atomic mass is 10.1. The number of rotatable bonds is 5. The molecule has 0 atom stereocenters. The minimum atomic E-state index is -0.341. The third kappa shape index (κ3) is 5.28. The largest absolute Gasteiger partial charge is 0.248 e. The van der Waals surface area contributed by atoms with Gasteiger partial charge in [-0.1, -0.05) is 41.6 Å². The molecule has 0 bridgehead atoms. The van der Waals surface area contributed by atoms with Crippen LogP contribution in [0.3, 0.4) is 0 Å². The number of nitrogens with zero attached hydrogens (tertiary/aromatic N) is 1. The molecule has 0 saturated carbocycles. The average Bonchev–Trinajstić information content (AvgIpc) is 2.63. The van der Waals surface area contributed by atoms with Crippen LogP contribution in [0.25, 0.3) is 0 Å². The molecule has 0 saturated heterocycles. The van der Waals surface area contributed by atoms with Crippen molar-refractivity contribution in [2.24, 2.45) is 4.99 Å². The minimum Gasteiger partial charge on any atom is -0.248 e. The van der Waals surface area contributed by atoms with E-state index in [0.29, 0.717) is 16.4 Å². The van der Waals surface area contributed by atoms with Gasteiger partial charge in [-0.3, -0.25) is 0 Å². The molecule has 5 heteroatoms. The minimum absolute atomic E-state index is 0.271. The van der Waals surface area contributed by atoms with Gasteiger partial charge in [-0.05, 0) is 66.1 Å². The molecular formula is C21H14ClF2NS. The summed E-state index contributed by atoms with van der Waals surface area (Å²) in [5, 5.41) is 2.49. The molecule has 1 nitrogen and oxygen atoms in total. The van der Waals surface area contributed by atoms with Gasteiger partial charge in [0.25, 0.3) is 0 Å². The van der Waals surface area contributed by atoms with Gasteiger partial charge in [0.05, 0.1) is 11.4 Å². The number of aliphatic imine (C=N–C) groups is 1. The lowest BCUT2D eigenvalue weighted by molar-refractivity contribution is 0.626. The highest BCUT2D eigenvalue weighted by Crippen LogP contribution is 2.22. The summed E-state index contributed by atoms with van der Waals surface area (Å²) in [6.07, 6.45) is 1.84. The Balaban J connectivity index is 1.88. The van der Waals surface area contributed by atoms with Gasteiger partial charge in [0.1, 0.15) is 11.6 Å². The van der Waals surface area contributed by atoms with E-state index >= 15 is 0 Å². The Morgan fingerprint density at radius 3 is 2.31 bits per heavy atom. The monoisotopic (exact) mass is 385 g/mol. The molecule has 0 aliphatic carbocycles. The molecule has 0 aliphatic heterocycles. The molecule has 0 aliphatic rings. The summed E-state index contributed by atoms with van der Waals surface area (Å²) in [5.41, 5.74) is 2.04. The molecule has 0 fully saturated rings. The third-order valence-electron chi connectivity index (χ3n) is 3.44. The van der Waals surface area contributed by atoms with E-state index in [-0.39, 0.29) is 11.6 Å². The van der Waals surface area contributed by atoms with E-state index in [2.05, 4.69) is 4.99 Å². The molecule has 3 aromatic carbocycles. The second kappa shape index (κ2) is 8.79. The van der Waals surface area contributed by atoms with Crippen molar-refractivity contribution in [3.05, 3.63) is 107 Å². The van der Waals surface area contributed by atoms with E-state index in [9.17, 15) is 8.78 Å². The van der Waals surface area contributed by atoms with Crippen LogP contribution in [0.5, 0.6) is 0 Å². The van der Waals surface area contributed by atoms with Crippen molar-refractivity contribution in [2.75, 3.05) is 0 Å². The fourth-order valence-electron chi connectivity index (χ4n) is 2.19. The number of benzene rings is 3. The maximum absolute atomic E-state index is 13.4. The van der Waals surface area contributed by atoms with Crippen LogP contribution in [0, 0.1) is 11.6 Å². The quantitative estimate of drug-likeness (QED) is 0.338. The maximum Gasteiger partial charge on any atom is 0.125 e. The molecule has 3 aromatic rings. The van der Waals surface area contributed by atoms with Gasteiger partial charge in [-0.15, -0.1) is 0 Å². The number of allylic oxidation sites excluding steroid dienone is 1. The fraction of sp³-hybridized carbons (Fsp3) is 0. The van der Waals surface area contributed by atoms with Crippen molar-refractivity contribution < 1.29 is 8.78 Å². The van der Waals surface area contributed by atoms with Crippen LogP contribution in [0.4, 0.5) is 14.5 Å². The SMILES string of the molecule is Fc1ccc(S/C=C/C(=Nc2cccc(F)c2)c2ccc(Cl)cc2)cc1. The van der Waals surface area contributed by atoms with Crippen LogP contribution in [-0.2, 0) is 0 Å². The normalized spacial score (nSPS) is 11.9. The predicted molar refractivity (Wildman–Crippen MR) is 105 cm³/mol. The summed E-state index contributed by atoms with van der Waals surface area (Å²) >= 11 is 7.39. The molecule has 0 amide bonds. The molecule has 3 rings (SSSR count). The van der Waals surface area contributed by atoms with Crippen LogP contribution >= 0.6 is 23.4 Å². The zero-order valence-corrected chi connectivity index (χ0v) is 15.1. The van der Waals surface area contributed by atoms with E-state index in [0.717, 1.165) is 10.5 Å². The summed E-state index contributed by atoms with van der Waals surface area (Å²) in [6, 6.07) is 19.6. The molecule has 130 valence electrons. The van der Waals surface area contributed by atoms with E-state index in [1.165, 1.54) is 36.0 Å². The Kier molecular flexibility index (Phi) is 6.21. The molecular weight excluding hydrogens is 372 g/mol. The number of hydrogen-bond acceptors (Lipinski definition) is 2. The molecule has 0 N–H and O–H groups in total. The second-order valence-electron chi connectivity index (χ2n) is 5.36. The van der Waals surface area contributed by atoms with Crippen LogP contribution in [-0.4, -0.2) is 5.71 Å². The van der Waals surface area contributed by atoms with Crippen LogP contribution in [0.2, 0.25) is 5.02 Å². The van der Waals surface area contributed by atoms with Gasteiger partial charge in [-0.2, -0.15) is 0 Å². The Bertz CT molecular complexity index is 935. The summed E-state index contributed by atoms with van der Waals surface area (Å²) in [5.74, 6) is -0.612. The number of halogens is 3. The smallest absolute Gasteiger partial charge is 0.125 e. The molecule has 0 spiro atoms. The summed E-state index contributed by atoms with van der Waals surface area (Å²) < 4.78 is 26.4. The van der Waals surface area contributed by atoms with Gasteiger partial charge in [0.15, 0.2) is 0 Å². The molecule has 0 radical (unpaired) electrons. The maximum atomic E-state index is 13.4. The predicted octanol–water partition coefficient (Wildman–Crippen LogP) is 7.05. The molecule has 0 unspecified atom stereocenters. The van der Waals surface area contributed by atoms with Crippen molar-refractivity contribution in [2.45, 2.75) is 4.90 Å². The van der Waals surface area contributed by atoms with Crippen molar-refractivity contribution in [3.8, 4) is 0 Å². The van der Waals surface area contributed by atoms with Crippen LogP contribution in [0.1, 0.15) is 5.56 Å². The first-order valence-electron chi connectivity index (χ1n) is 7.79. The Morgan fingerprint density at radius 1 is 0.885 bits per heavy atom. The lowest BCUT2D eigenvalue weighted by Crippen LogP contribution is -1.95. The van der Waals surface area contributed by atoms with Gasteiger partial charge in [-0.25, -0.2) is 13.8 Å². The van der Waals surface area contributed by atoms with Crippen LogP contribution in [0.15, 0.2) is 94.2 Å². The number of thioether (sulfide) groups is 1. The summed E-state index contributed by atoms with van der Waals surface area (Å²) in [6.45, 7) is 0. The highest BCUT2D eigenvalue weighted by Gasteiger charge is 2.02. The fourth-order valence-corrected chi connectivity index (χ4v) is 2.97.